The molecule has 0 amide bonds. The monoisotopic (exact) mass is 197 g/mol. The van der Waals surface area contributed by atoms with Crippen molar-refractivity contribution in [3.05, 3.63) is 0 Å². The minimum absolute atomic E-state index is 0.0742. The molecule has 14 heavy (non-hydrogen) atoms. The molecule has 0 bridgehead atoms. The fraction of sp³-hybridized carbons (Fsp3) is 1.00. The van der Waals surface area contributed by atoms with Crippen LogP contribution in [0.1, 0.15) is 32.1 Å². The molecule has 0 aromatic heterocycles. The maximum absolute atomic E-state index is 5.89. The summed E-state index contributed by atoms with van der Waals surface area (Å²) in [5.74, 6) is 0. The van der Waals surface area contributed by atoms with E-state index in [1.54, 1.807) is 0 Å². The molecule has 1 spiro atoms. The summed E-state index contributed by atoms with van der Waals surface area (Å²) < 4.78 is 11.3. The Morgan fingerprint density at radius 2 is 2.00 bits per heavy atom. The quantitative estimate of drug-likeness (QED) is 0.718. The van der Waals surface area contributed by atoms with E-state index in [2.05, 4.69) is 5.32 Å². The maximum Gasteiger partial charge on any atom is 0.0951 e. The molecule has 2 heterocycles. The van der Waals surface area contributed by atoms with Gasteiger partial charge in [-0.3, -0.25) is 0 Å². The summed E-state index contributed by atoms with van der Waals surface area (Å²) in [7, 11) is 0. The van der Waals surface area contributed by atoms with Crippen LogP contribution in [0.3, 0.4) is 0 Å². The van der Waals surface area contributed by atoms with Gasteiger partial charge in [-0.15, -0.1) is 0 Å². The molecule has 3 rings (SSSR count). The number of ether oxygens (including phenoxy) is 2. The van der Waals surface area contributed by atoms with Crippen molar-refractivity contribution in [1.29, 1.82) is 0 Å². The minimum atomic E-state index is 0.0742. The summed E-state index contributed by atoms with van der Waals surface area (Å²) >= 11 is 0. The average molecular weight is 197 g/mol. The molecule has 1 aliphatic carbocycles. The van der Waals surface area contributed by atoms with Gasteiger partial charge in [-0.2, -0.15) is 0 Å². The molecule has 3 fully saturated rings. The van der Waals surface area contributed by atoms with E-state index in [1.165, 1.54) is 19.3 Å². The summed E-state index contributed by atoms with van der Waals surface area (Å²) in [5.41, 5.74) is 0.0742. The van der Waals surface area contributed by atoms with Gasteiger partial charge in [-0.1, -0.05) is 0 Å². The molecular formula is C11H19NO2. The van der Waals surface area contributed by atoms with Crippen LogP contribution in [0.2, 0.25) is 0 Å². The van der Waals surface area contributed by atoms with Gasteiger partial charge in [0.15, 0.2) is 0 Å². The lowest BCUT2D eigenvalue weighted by atomic mass is 9.89. The van der Waals surface area contributed by atoms with Gasteiger partial charge in [0.25, 0.3) is 0 Å². The number of hydrogen-bond donors (Lipinski definition) is 1. The Balaban J connectivity index is 1.59. The van der Waals surface area contributed by atoms with Crippen molar-refractivity contribution in [2.75, 3.05) is 19.8 Å². The molecule has 3 aliphatic rings. The first-order valence-electron chi connectivity index (χ1n) is 5.84. The van der Waals surface area contributed by atoms with Crippen LogP contribution in [-0.4, -0.2) is 37.5 Å². The predicted octanol–water partition coefficient (Wildman–Crippen LogP) is 1.08. The van der Waals surface area contributed by atoms with Gasteiger partial charge in [-0.05, 0) is 25.7 Å². The molecule has 2 unspecified atom stereocenters. The second kappa shape index (κ2) is 3.47. The summed E-state index contributed by atoms with van der Waals surface area (Å²) in [6.07, 6.45) is 6.18. The lowest BCUT2D eigenvalue weighted by molar-refractivity contribution is -0.0894. The van der Waals surface area contributed by atoms with E-state index in [4.69, 9.17) is 9.47 Å². The fourth-order valence-corrected chi connectivity index (χ4v) is 2.62. The van der Waals surface area contributed by atoms with E-state index in [1.807, 2.05) is 0 Å². The third kappa shape index (κ3) is 1.81. The van der Waals surface area contributed by atoms with Crippen LogP contribution in [-0.2, 0) is 9.47 Å². The lowest BCUT2D eigenvalue weighted by Gasteiger charge is -2.37. The van der Waals surface area contributed by atoms with Crippen molar-refractivity contribution < 1.29 is 9.47 Å². The van der Waals surface area contributed by atoms with Gasteiger partial charge in [-0.25, -0.2) is 0 Å². The molecule has 2 atom stereocenters. The smallest absolute Gasteiger partial charge is 0.0951 e. The lowest BCUT2D eigenvalue weighted by Crippen LogP contribution is -2.48. The molecule has 2 saturated heterocycles. The molecule has 80 valence electrons. The molecule has 0 radical (unpaired) electrons. The van der Waals surface area contributed by atoms with E-state index < -0.39 is 0 Å². The SMILES string of the molecule is C1CC2(CO1)CC(NC1CC1)CCO2. The Morgan fingerprint density at radius 3 is 2.71 bits per heavy atom. The van der Waals surface area contributed by atoms with Gasteiger partial charge in [0.2, 0.25) is 0 Å². The van der Waals surface area contributed by atoms with E-state index in [-0.39, 0.29) is 5.60 Å². The molecule has 0 aromatic carbocycles. The Bertz CT molecular complexity index is 209. The van der Waals surface area contributed by atoms with Gasteiger partial charge in [0, 0.05) is 31.7 Å². The normalized spacial score (nSPS) is 43.3. The third-order valence-electron chi connectivity index (χ3n) is 3.61. The van der Waals surface area contributed by atoms with Crippen LogP contribution in [0.5, 0.6) is 0 Å². The summed E-state index contributed by atoms with van der Waals surface area (Å²) in [5, 5.41) is 3.71. The zero-order valence-electron chi connectivity index (χ0n) is 8.63. The Hall–Kier alpha value is -0.120. The van der Waals surface area contributed by atoms with E-state index in [0.717, 1.165) is 38.7 Å². The first-order valence-corrected chi connectivity index (χ1v) is 5.84. The van der Waals surface area contributed by atoms with Crippen LogP contribution in [0, 0.1) is 0 Å². The average Bonchev–Trinajstić information content (AvgIpc) is 2.88. The minimum Gasteiger partial charge on any atom is -0.378 e. The predicted molar refractivity (Wildman–Crippen MR) is 53.3 cm³/mol. The molecule has 1 saturated carbocycles. The van der Waals surface area contributed by atoms with Gasteiger partial charge in [0.05, 0.1) is 12.2 Å². The van der Waals surface area contributed by atoms with Crippen LogP contribution in [0.25, 0.3) is 0 Å². The van der Waals surface area contributed by atoms with Gasteiger partial charge in [0.1, 0.15) is 0 Å². The van der Waals surface area contributed by atoms with Crippen molar-refractivity contribution in [3.8, 4) is 0 Å². The summed E-state index contributed by atoms with van der Waals surface area (Å²) in [6.45, 7) is 2.61. The highest BCUT2D eigenvalue weighted by atomic mass is 16.6. The van der Waals surface area contributed by atoms with Crippen molar-refractivity contribution in [1.82, 2.24) is 5.32 Å². The maximum atomic E-state index is 5.89. The van der Waals surface area contributed by atoms with Gasteiger partial charge >= 0.3 is 0 Å². The molecule has 3 nitrogen and oxygen atoms in total. The highest BCUT2D eigenvalue weighted by molar-refractivity contribution is 4.95. The summed E-state index contributed by atoms with van der Waals surface area (Å²) in [6, 6.07) is 1.50. The van der Waals surface area contributed by atoms with Crippen LogP contribution in [0.15, 0.2) is 0 Å². The topological polar surface area (TPSA) is 30.5 Å². The third-order valence-corrected chi connectivity index (χ3v) is 3.61. The second-order valence-electron chi connectivity index (χ2n) is 4.96. The molecule has 2 aliphatic heterocycles. The molecule has 0 aromatic rings. The van der Waals surface area contributed by atoms with Crippen LogP contribution in [0.4, 0.5) is 0 Å². The zero-order valence-corrected chi connectivity index (χ0v) is 8.63. The number of hydrogen-bond acceptors (Lipinski definition) is 3. The molecular weight excluding hydrogens is 178 g/mol. The highest BCUT2D eigenvalue weighted by Gasteiger charge is 2.41. The fourth-order valence-electron chi connectivity index (χ4n) is 2.62. The van der Waals surface area contributed by atoms with Gasteiger partial charge < -0.3 is 14.8 Å². The van der Waals surface area contributed by atoms with Crippen molar-refractivity contribution in [2.24, 2.45) is 0 Å². The Labute approximate surface area is 85.1 Å². The first kappa shape index (κ1) is 9.13. The second-order valence-corrected chi connectivity index (χ2v) is 4.96. The zero-order chi connectivity index (χ0) is 9.43. The Morgan fingerprint density at radius 1 is 1.07 bits per heavy atom. The van der Waals surface area contributed by atoms with Crippen LogP contribution >= 0.6 is 0 Å². The molecule has 3 heteroatoms. The van der Waals surface area contributed by atoms with E-state index in [0.29, 0.717) is 6.04 Å². The van der Waals surface area contributed by atoms with Crippen LogP contribution < -0.4 is 5.32 Å². The molecule has 1 N–H and O–H groups in total. The number of nitrogens with one attached hydrogen (secondary N) is 1. The highest BCUT2D eigenvalue weighted by Crippen LogP contribution is 2.34. The Kier molecular flexibility index (Phi) is 2.26. The largest absolute Gasteiger partial charge is 0.378 e. The van der Waals surface area contributed by atoms with Crippen molar-refractivity contribution in [3.63, 3.8) is 0 Å². The van der Waals surface area contributed by atoms with Crippen molar-refractivity contribution >= 4 is 0 Å². The summed E-state index contributed by atoms with van der Waals surface area (Å²) in [4.78, 5) is 0. The van der Waals surface area contributed by atoms with E-state index in [9.17, 15) is 0 Å². The standard InChI is InChI=1S/C11H19NO2/c1-2-9(1)12-10-3-5-14-11(7-10)4-6-13-8-11/h9-10,12H,1-8H2. The van der Waals surface area contributed by atoms with E-state index >= 15 is 0 Å². The number of rotatable bonds is 2. The first-order chi connectivity index (χ1) is 6.86. The van der Waals surface area contributed by atoms with Crippen molar-refractivity contribution in [2.45, 2.75) is 49.8 Å².